The monoisotopic (exact) mass is 1650 g/mol. The van der Waals surface area contributed by atoms with Crippen LogP contribution in [0.4, 0.5) is 4.39 Å². The Morgan fingerprint density at radius 3 is 1.43 bits per heavy atom. The summed E-state index contributed by atoms with van der Waals surface area (Å²) in [6.45, 7) is 8.58. The Balaban J connectivity index is 0.000000110. The normalized spacial score (nSPS) is 22.4. The lowest BCUT2D eigenvalue weighted by atomic mass is 10.0. The molecule has 8 bridgehead atoms. The van der Waals surface area contributed by atoms with Crippen LogP contribution >= 0.6 is 23.2 Å². The number of pyridine rings is 5. The molecule has 0 N–H and O–H groups in total. The van der Waals surface area contributed by atoms with Crippen LogP contribution in [0.25, 0.3) is 45.2 Å². The standard InChI is InChI=1S/C25H20FN5O2.C23H23N5O2.C19H18ClN7O2.C19H17ClN6O2/c26-18-6-1-5-17(22(18)24-28-10-3-11-29-24)25(32)31-14-15-12-19(31)20(13-15)33-21-8-7-16-4-2-9-27-23(16)30-21;1-14-4-5-20(26-11-14)30-19-10-16-9-18(19)28(13-16)23(29)21-17(8-15(2)12-27-21)22-24-6-3-7-25-22;1-11-2-3-14(27-23-4-5-24-27)17(25-11)18(28)26-10-12-6-15(26)16(7-12)29-19-21-8-13(20)9-22-19;20-13-9-21-19(22-10-13)28-17-8-12-7-16(17)25(11-12)18(27)14-3-1-2-4-15(14)26-23-5-6-24-26/h1-11,15,19-20H,12-14H2;3-8,11-12,16,18-19H,9-10,13H2,1-2H3;2-5,8-9,12,15-16H,6-7,10H2,1H3;1-6,9-10,12,16-17H,7-8,11H2. The van der Waals surface area contributed by atoms with Crippen LogP contribution in [0, 0.1) is 50.3 Å². The lowest BCUT2D eigenvalue weighted by Gasteiger charge is -2.33. The number of hydrogen-bond acceptors (Lipinski definition) is 25. The van der Waals surface area contributed by atoms with Crippen molar-refractivity contribution in [2.75, 3.05) is 26.2 Å². The second-order valence-electron chi connectivity index (χ2n) is 31.0. The minimum Gasteiger partial charge on any atom is -0.472 e. The topological polar surface area (TPSA) is 347 Å². The number of ether oxygens (including phenoxy) is 4. The number of para-hydroxylation sites is 1. The summed E-state index contributed by atoms with van der Waals surface area (Å²) in [4.78, 5) is 120. The summed E-state index contributed by atoms with van der Waals surface area (Å²) in [6.07, 6.45) is 30.7. The zero-order valence-corrected chi connectivity index (χ0v) is 66.7. The molecule has 21 rings (SSSR count). The quantitative estimate of drug-likeness (QED) is 0.0867. The fourth-order valence-corrected chi connectivity index (χ4v) is 18.0. The SMILES string of the molecule is Cc1ccc(-n2nccn2)c(C(=O)N2CC3CC(Oc4ncc(Cl)cn4)C2C3)n1.Cc1ccc(OC2CC3CC2N(C(=O)c2ncc(C)cc2-c2ncccn2)C3)nc1.O=C(c1cccc(F)c1-c1ncccn1)N1CC2CC(Oc3ccc4cccnc4n3)C1C2.O=C(c1ccccc1-n1nccn1)N1CC2CC(Oc3ncc(Cl)cn3)C1C2. The fraction of sp³-hybridized carbons (Fsp3) is 0.314. The van der Waals surface area contributed by atoms with Gasteiger partial charge in [0.15, 0.2) is 23.0 Å². The molecule has 120 heavy (non-hydrogen) atoms. The van der Waals surface area contributed by atoms with Gasteiger partial charge < -0.3 is 38.5 Å². The van der Waals surface area contributed by atoms with Gasteiger partial charge in [-0.25, -0.2) is 59.2 Å². The molecule has 4 amide bonds. The van der Waals surface area contributed by atoms with Crippen LogP contribution in [0.5, 0.6) is 23.8 Å². The van der Waals surface area contributed by atoms with Crippen LogP contribution in [0.15, 0.2) is 202 Å². The van der Waals surface area contributed by atoms with E-state index in [0.717, 1.165) is 86.7 Å². The van der Waals surface area contributed by atoms with E-state index in [-0.39, 0.29) is 101 Å². The second-order valence-corrected chi connectivity index (χ2v) is 31.9. The van der Waals surface area contributed by atoms with Crippen molar-refractivity contribution in [2.45, 2.75) is 121 Å². The van der Waals surface area contributed by atoms with E-state index >= 15 is 0 Å². The predicted molar refractivity (Wildman–Crippen MR) is 433 cm³/mol. The number of halogens is 3. The summed E-state index contributed by atoms with van der Waals surface area (Å²) in [5.41, 5.74) is 7.04. The molecule has 12 atom stereocenters. The first-order valence-corrected chi connectivity index (χ1v) is 40.4. The van der Waals surface area contributed by atoms with E-state index < -0.39 is 5.82 Å². The van der Waals surface area contributed by atoms with Gasteiger partial charge in [0, 0.05) is 92.8 Å². The molecule has 4 aliphatic carbocycles. The van der Waals surface area contributed by atoms with Crippen molar-refractivity contribution in [3.8, 4) is 57.9 Å². The van der Waals surface area contributed by atoms with Crippen molar-refractivity contribution < 1.29 is 42.5 Å². The molecule has 11 aromatic heterocycles. The Morgan fingerprint density at radius 2 is 0.875 bits per heavy atom. The first-order chi connectivity index (χ1) is 58.5. The summed E-state index contributed by atoms with van der Waals surface area (Å²) < 4.78 is 39.1. The van der Waals surface area contributed by atoms with E-state index in [1.807, 2.05) is 114 Å². The summed E-state index contributed by atoms with van der Waals surface area (Å²) in [5, 5.41) is 18.5. The number of nitrogens with zero attached hydrogens (tertiary/aromatic N) is 23. The number of amides is 4. The maximum absolute atomic E-state index is 14.8. The molecule has 0 spiro atoms. The van der Waals surface area contributed by atoms with Gasteiger partial charge in [-0.3, -0.25) is 24.2 Å². The molecule has 34 heteroatoms. The molecule has 4 aliphatic heterocycles. The molecule has 12 unspecified atom stereocenters. The van der Waals surface area contributed by atoms with Crippen molar-refractivity contribution in [1.82, 2.24) is 114 Å². The van der Waals surface area contributed by atoms with Crippen LogP contribution in [-0.2, 0) is 0 Å². The van der Waals surface area contributed by atoms with E-state index in [1.54, 1.807) is 84.9 Å². The molecule has 8 aliphatic rings. The van der Waals surface area contributed by atoms with E-state index in [2.05, 4.69) is 85.2 Å². The van der Waals surface area contributed by atoms with Crippen LogP contribution in [-0.4, -0.2) is 213 Å². The summed E-state index contributed by atoms with van der Waals surface area (Å²) >= 11 is 11.7. The molecule has 8 fully saturated rings. The Morgan fingerprint density at radius 1 is 0.392 bits per heavy atom. The third-order valence-corrected chi connectivity index (χ3v) is 23.4. The Bertz CT molecular complexity index is 5890. The number of hydrogen-bond donors (Lipinski definition) is 0. The number of carbonyl (C=O) groups excluding carboxylic acids is 4. The zero-order valence-electron chi connectivity index (χ0n) is 65.2. The highest BCUT2D eigenvalue weighted by Crippen LogP contribution is 2.45. The van der Waals surface area contributed by atoms with Gasteiger partial charge in [0.2, 0.25) is 11.8 Å². The number of fused-ring (bicyclic) bond motifs is 9. The van der Waals surface area contributed by atoms with Crippen molar-refractivity contribution in [2.24, 2.45) is 23.7 Å². The Hall–Kier alpha value is -13.4. The van der Waals surface area contributed by atoms with E-state index in [0.29, 0.717) is 104 Å². The molecular formula is C86H78Cl2FN23O8. The van der Waals surface area contributed by atoms with Gasteiger partial charge in [0.1, 0.15) is 41.6 Å². The minimum absolute atomic E-state index is 0.00425. The summed E-state index contributed by atoms with van der Waals surface area (Å²) in [5.74, 6) is 2.39. The van der Waals surface area contributed by atoms with Crippen LogP contribution < -0.4 is 18.9 Å². The zero-order chi connectivity index (χ0) is 82.1. The average Bonchev–Trinajstić information content (AvgIpc) is 1.61. The predicted octanol–water partition coefficient (Wildman–Crippen LogP) is 11.6. The van der Waals surface area contributed by atoms with Gasteiger partial charge in [-0.05, 0) is 180 Å². The van der Waals surface area contributed by atoms with E-state index in [9.17, 15) is 23.6 Å². The maximum Gasteiger partial charge on any atom is 0.316 e. The number of carbonyl (C=O) groups is 4. The van der Waals surface area contributed by atoms with Crippen LogP contribution in [0.3, 0.4) is 0 Å². The van der Waals surface area contributed by atoms with E-state index in [1.165, 1.54) is 52.8 Å². The maximum atomic E-state index is 14.8. The molecule has 15 heterocycles. The molecule has 2 aromatic carbocycles. The van der Waals surface area contributed by atoms with Crippen molar-refractivity contribution in [3.63, 3.8) is 0 Å². The Labute approximate surface area is 696 Å². The van der Waals surface area contributed by atoms with Crippen LogP contribution in [0.1, 0.15) is 110 Å². The Kier molecular flexibility index (Phi) is 22.0. The molecule has 0 radical (unpaired) electrons. The number of likely N-dealkylation sites (tertiary alicyclic amines) is 4. The average molecular weight is 1650 g/mol. The van der Waals surface area contributed by atoms with Crippen molar-refractivity contribution in [3.05, 3.63) is 257 Å². The fourth-order valence-electron chi connectivity index (χ4n) is 17.8. The lowest BCUT2D eigenvalue weighted by Crippen LogP contribution is -2.47. The molecule has 4 saturated heterocycles. The second kappa shape index (κ2) is 33.9. The summed E-state index contributed by atoms with van der Waals surface area (Å²) in [7, 11) is 0. The third-order valence-electron chi connectivity index (χ3n) is 23.0. The summed E-state index contributed by atoms with van der Waals surface area (Å²) in [6, 6.07) is 32.8. The highest BCUT2D eigenvalue weighted by atomic mass is 35.5. The van der Waals surface area contributed by atoms with Crippen molar-refractivity contribution >= 4 is 57.9 Å². The molecule has 606 valence electrons. The minimum atomic E-state index is -0.517. The van der Waals surface area contributed by atoms with Gasteiger partial charge >= 0.3 is 12.0 Å². The highest BCUT2D eigenvalue weighted by molar-refractivity contribution is 6.30. The smallest absolute Gasteiger partial charge is 0.316 e. The number of benzene rings is 2. The molecular weight excluding hydrogens is 1570 g/mol. The highest BCUT2D eigenvalue weighted by Gasteiger charge is 2.53. The largest absolute Gasteiger partial charge is 0.472 e. The molecule has 4 saturated carbocycles. The van der Waals surface area contributed by atoms with Gasteiger partial charge in [-0.15, -0.1) is 4.80 Å². The van der Waals surface area contributed by atoms with Gasteiger partial charge in [-0.2, -0.15) is 30.2 Å². The van der Waals surface area contributed by atoms with Gasteiger partial charge in [0.05, 0.1) is 112 Å². The third kappa shape index (κ3) is 16.4. The number of aromatic nitrogens is 19. The molecule has 13 aromatic rings. The number of piperidine rings is 4. The number of rotatable bonds is 16. The van der Waals surface area contributed by atoms with Crippen LogP contribution in [0.2, 0.25) is 10.0 Å². The molecule has 31 nitrogen and oxygen atoms in total. The van der Waals surface area contributed by atoms with E-state index in [4.69, 9.17) is 42.1 Å². The first-order valence-electron chi connectivity index (χ1n) is 39.6. The van der Waals surface area contributed by atoms with Gasteiger partial charge in [0.25, 0.3) is 23.6 Å². The van der Waals surface area contributed by atoms with Gasteiger partial charge in [-0.1, -0.05) is 47.5 Å². The lowest BCUT2D eigenvalue weighted by molar-refractivity contribution is 0.0446. The number of aryl methyl sites for hydroxylation is 3. The van der Waals surface area contributed by atoms with Crippen molar-refractivity contribution in [1.29, 1.82) is 0 Å². The first kappa shape index (κ1) is 77.9.